The minimum Gasteiger partial charge on any atom is -0.303 e. The number of ketones is 1. The van der Waals surface area contributed by atoms with E-state index < -0.39 is 0 Å². The van der Waals surface area contributed by atoms with Gasteiger partial charge in [-0.05, 0) is 24.1 Å². The molecule has 0 unspecified atom stereocenters. The molecule has 2 aromatic carbocycles. The summed E-state index contributed by atoms with van der Waals surface area (Å²) in [6, 6.07) is 14.9. The maximum Gasteiger partial charge on any atom is 0.328 e. The number of fused-ring (bicyclic) bond motifs is 3. The highest BCUT2D eigenvalue weighted by Gasteiger charge is 2.29. The van der Waals surface area contributed by atoms with Gasteiger partial charge in [-0.1, -0.05) is 36.4 Å². The molecule has 30 heavy (non-hydrogen) atoms. The predicted molar refractivity (Wildman–Crippen MR) is 111 cm³/mol. The molecule has 8 nitrogen and oxygen atoms in total. The summed E-state index contributed by atoms with van der Waals surface area (Å²) in [6.07, 6.45) is 4.24. The number of H-pyrrole nitrogens is 1. The van der Waals surface area contributed by atoms with E-state index in [1.54, 1.807) is 21.7 Å². The first-order valence-corrected chi connectivity index (χ1v) is 9.72. The second-order valence-electron chi connectivity index (χ2n) is 7.38. The van der Waals surface area contributed by atoms with Crippen LogP contribution in [-0.2, 0) is 0 Å². The lowest BCUT2D eigenvalue weighted by Gasteiger charge is -2.25. The number of imidazole rings is 2. The van der Waals surface area contributed by atoms with Gasteiger partial charge in [-0.2, -0.15) is 4.98 Å². The van der Waals surface area contributed by atoms with Crippen molar-refractivity contribution in [3.8, 4) is 5.95 Å². The van der Waals surface area contributed by atoms with Gasteiger partial charge in [0.05, 0.1) is 23.3 Å². The van der Waals surface area contributed by atoms with Crippen molar-refractivity contribution < 1.29 is 4.79 Å². The molecule has 5 aromatic rings. The number of hydrogen-bond donors (Lipinski definition) is 1. The van der Waals surface area contributed by atoms with Gasteiger partial charge in [0.25, 0.3) is 0 Å². The minimum absolute atomic E-state index is 0.106. The normalized spacial score (nSPS) is 16.3. The molecule has 1 atom stereocenters. The summed E-state index contributed by atoms with van der Waals surface area (Å²) in [5.41, 5.74) is 4.05. The summed E-state index contributed by atoms with van der Waals surface area (Å²) in [7, 11) is 0. The van der Waals surface area contributed by atoms with Crippen molar-refractivity contribution in [1.82, 2.24) is 29.1 Å². The lowest BCUT2D eigenvalue weighted by molar-refractivity contribution is 0.0964. The topological polar surface area (TPSA) is 98.5 Å². The van der Waals surface area contributed by atoms with Gasteiger partial charge < -0.3 is 4.98 Å². The highest BCUT2D eigenvalue weighted by Crippen LogP contribution is 2.33. The van der Waals surface area contributed by atoms with Crippen LogP contribution in [0.1, 0.15) is 34.8 Å². The quantitative estimate of drug-likeness (QED) is 0.495. The van der Waals surface area contributed by atoms with E-state index in [1.165, 1.54) is 0 Å². The second kappa shape index (κ2) is 6.21. The number of aromatic amines is 1. The van der Waals surface area contributed by atoms with Crippen LogP contribution in [0.3, 0.4) is 0 Å². The molecule has 0 saturated carbocycles. The Bertz CT molecular complexity index is 1510. The van der Waals surface area contributed by atoms with Crippen molar-refractivity contribution in [3.63, 3.8) is 0 Å². The third-order valence-corrected chi connectivity index (χ3v) is 5.69. The number of hydrogen-bond acceptors (Lipinski definition) is 5. The third-order valence-electron chi connectivity index (χ3n) is 5.69. The van der Waals surface area contributed by atoms with Crippen LogP contribution in [0.2, 0.25) is 0 Å². The van der Waals surface area contributed by atoms with Crippen LogP contribution in [-0.4, -0.2) is 34.9 Å². The van der Waals surface area contributed by atoms with Crippen LogP contribution in [0.4, 0.5) is 0 Å². The summed E-state index contributed by atoms with van der Waals surface area (Å²) in [5, 5.41) is 0. The summed E-state index contributed by atoms with van der Waals surface area (Å²) in [5.74, 6) is 0.541. The Morgan fingerprint density at radius 1 is 1.00 bits per heavy atom. The average Bonchev–Trinajstić information content (AvgIpc) is 3.34. The molecule has 1 aliphatic rings. The fourth-order valence-corrected chi connectivity index (χ4v) is 4.30. The predicted octanol–water partition coefficient (Wildman–Crippen LogP) is 3.02. The molecule has 0 amide bonds. The van der Waals surface area contributed by atoms with Crippen LogP contribution < -0.4 is 5.69 Å². The number of carbonyl (C=O) groups is 1. The molecule has 0 fully saturated rings. The van der Waals surface area contributed by atoms with E-state index in [-0.39, 0.29) is 17.5 Å². The molecule has 8 heteroatoms. The van der Waals surface area contributed by atoms with Crippen molar-refractivity contribution in [2.75, 3.05) is 0 Å². The zero-order chi connectivity index (χ0) is 20.2. The molecule has 1 N–H and O–H groups in total. The van der Waals surface area contributed by atoms with E-state index in [0.29, 0.717) is 35.5 Å². The lowest BCUT2D eigenvalue weighted by atomic mass is 9.86. The van der Waals surface area contributed by atoms with Gasteiger partial charge in [0.2, 0.25) is 5.95 Å². The number of Topliss-reactive ketones (excluding diaryl/α,β-unsaturated/α-hetero) is 1. The van der Waals surface area contributed by atoms with E-state index in [1.807, 2.05) is 48.5 Å². The molecule has 0 saturated heterocycles. The Hall–Kier alpha value is -4.07. The molecule has 146 valence electrons. The van der Waals surface area contributed by atoms with E-state index in [0.717, 1.165) is 16.6 Å². The highest BCUT2D eigenvalue weighted by atomic mass is 16.1. The van der Waals surface area contributed by atoms with Gasteiger partial charge in [-0.25, -0.2) is 14.8 Å². The number of carbonyl (C=O) groups excluding carboxylic acids is 1. The Morgan fingerprint density at radius 2 is 1.83 bits per heavy atom. The molecular formula is C22H16N6O2. The minimum atomic E-state index is -0.263. The zero-order valence-corrected chi connectivity index (χ0v) is 15.8. The smallest absolute Gasteiger partial charge is 0.303 e. The Kier molecular flexibility index (Phi) is 3.49. The van der Waals surface area contributed by atoms with Crippen molar-refractivity contribution in [2.24, 2.45) is 0 Å². The number of aromatic nitrogens is 6. The summed E-state index contributed by atoms with van der Waals surface area (Å²) >= 11 is 0. The molecular weight excluding hydrogens is 380 g/mol. The molecule has 3 heterocycles. The second-order valence-corrected chi connectivity index (χ2v) is 7.38. The molecule has 0 spiro atoms. The van der Waals surface area contributed by atoms with Gasteiger partial charge >= 0.3 is 5.69 Å². The van der Waals surface area contributed by atoms with Crippen LogP contribution in [0, 0.1) is 0 Å². The van der Waals surface area contributed by atoms with Crippen LogP contribution in [0.25, 0.3) is 28.1 Å². The molecule has 0 bridgehead atoms. The van der Waals surface area contributed by atoms with Crippen LogP contribution >= 0.6 is 0 Å². The number of rotatable bonds is 2. The van der Waals surface area contributed by atoms with Gasteiger partial charge in [-0.3, -0.25) is 13.9 Å². The fraction of sp³-hybridized carbons (Fsp3) is 0.136. The number of para-hydroxylation sites is 2. The first-order valence-electron chi connectivity index (χ1n) is 9.72. The Labute approximate surface area is 169 Å². The number of nitrogens with one attached hydrogen (secondary N) is 1. The van der Waals surface area contributed by atoms with Gasteiger partial charge in [0, 0.05) is 12.0 Å². The number of nitrogens with zero attached hydrogens (tertiary/aromatic N) is 5. The summed E-state index contributed by atoms with van der Waals surface area (Å²) in [6.45, 7) is 0. The maximum atomic E-state index is 12.9. The third kappa shape index (κ3) is 2.37. The molecule has 1 aliphatic carbocycles. The van der Waals surface area contributed by atoms with Gasteiger partial charge in [-0.15, -0.1) is 0 Å². The maximum absolute atomic E-state index is 12.9. The van der Waals surface area contributed by atoms with E-state index in [2.05, 4.69) is 15.0 Å². The SMILES string of the molecule is O=C1CC[C@@H](n2c(=O)[nH]c3cnc(-n4cnc5ccccc54)nc32)c2ccccc21. The van der Waals surface area contributed by atoms with Crippen molar-refractivity contribution >= 4 is 28.0 Å². The van der Waals surface area contributed by atoms with E-state index in [9.17, 15) is 9.59 Å². The van der Waals surface area contributed by atoms with Gasteiger partial charge in [0.1, 0.15) is 11.8 Å². The average molecular weight is 396 g/mol. The molecule has 0 aliphatic heterocycles. The number of benzene rings is 2. The van der Waals surface area contributed by atoms with Crippen LogP contribution in [0.15, 0.2) is 65.8 Å². The highest BCUT2D eigenvalue weighted by molar-refractivity contribution is 5.98. The molecule has 3 aromatic heterocycles. The fourth-order valence-electron chi connectivity index (χ4n) is 4.30. The van der Waals surface area contributed by atoms with E-state index >= 15 is 0 Å². The Morgan fingerprint density at radius 3 is 2.77 bits per heavy atom. The molecule has 0 radical (unpaired) electrons. The van der Waals surface area contributed by atoms with Crippen molar-refractivity contribution in [2.45, 2.75) is 18.9 Å². The zero-order valence-electron chi connectivity index (χ0n) is 15.8. The standard InChI is InChI=1S/C22H16N6O2/c29-19-10-9-17(13-5-1-2-6-14(13)19)28-20-16(25-22(28)30)11-23-21(26-20)27-12-24-15-7-3-4-8-18(15)27/h1-8,11-12,17H,9-10H2,(H,25,30)/t17-/m1/s1. The van der Waals surface area contributed by atoms with Crippen molar-refractivity contribution in [3.05, 3.63) is 82.7 Å². The first-order chi connectivity index (χ1) is 14.7. The molecule has 6 rings (SSSR count). The largest absolute Gasteiger partial charge is 0.328 e. The van der Waals surface area contributed by atoms with E-state index in [4.69, 9.17) is 4.98 Å². The summed E-state index contributed by atoms with van der Waals surface area (Å²) < 4.78 is 3.44. The monoisotopic (exact) mass is 396 g/mol. The Balaban J connectivity index is 1.57. The van der Waals surface area contributed by atoms with Crippen LogP contribution in [0.5, 0.6) is 0 Å². The van der Waals surface area contributed by atoms with Gasteiger partial charge in [0.15, 0.2) is 11.4 Å². The lowest BCUT2D eigenvalue weighted by Crippen LogP contribution is -2.28. The van der Waals surface area contributed by atoms with Crippen molar-refractivity contribution in [1.29, 1.82) is 0 Å². The summed E-state index contributed by atoms with van der Waals surface area (Å²) in [4.78, 5) is 41.6. The first kappa shape index (κ1) is 16.8.